The highest BCUT2D eigenvalue weighted by Crippen LogP contribution is 1.81. The molecule has 0 aliphatic carbocycles. The quantitative estimate of drug-likeness (QED) is 0.427. The van der Waals surface area contributed by atoms with Gasteiger partial charge in [-0.25, -0.2) is 0 Å². The molecule has 0 radical (unpaired) electrons. The van der Waals surface area contributed by atoms with Crippen LogP contribution in [0.2, 0.25) is 0 Å². The largest absolute Gasteiger partial charge is 0.396 e. The number of carbonyl (C=O) groups excluding carboxylic acids is 1. The van der Waals surface area contributed by atoms with Gasteiger partial charge in [0, 0.05) is 13.0 Å². The minimum absolute atomic E-state index is 0.162. The number of aliphatic hydroxyl groups is 1. The smallest absolute Gasteiger partial charge is 0.123 e. The van der Waals surface area contributed by atoms with E-state index in [-0.39, 0.29) is 6.61 Å². The van der Waals surface area contributed by atoms with Crippen LogP contribution in [0.3, 0.4) is 0 Å². The topological polar surface area (TPSA) is 37.3 Å². The Bertz CT molecular complexity index is 76.6. The highest BCUT2D eigenvalue weighted by Gasteiger charge is 1.72. The fourth-order valence-electron chi connectivity index (χ4n) is 0.344. The average Bonchev–Trinajstić information content (AvgIpc) is 1.81. The van der Waals surface area contributed by atoms with Gasteiger partial charge in [-0.1, -0.05) is 12.2 Å². The first kappa shape index (κ1) is 7.37. The molecule has 0 spiro atoms. The summed E-state index contributed by atoms with van der Waals surface area (Å²) in [6, 6.07) is 0. The molecule has 0 aliphatic heterocycles. The van der Waals surface area contributed by atoms with Crippen LogP contribution in [0.5, 0.6) is 0 Å². The van der Waals surface area contributed by atoms with Gasteiger partial charge < -0.3 is 9.90 Å². The molecule has 0 aromatic carbocycles. The predicted molar refractivity (Wildman–Crippen MR) is 31.5 cm³/mol. The van der Waals surface area contributed by atoms with Crippen LogP contribution in [-0.2, 0) is 4.79 Å². The van der Waals surface area contributed by atoms with Crippen LogP contribution >= 0.6 is 0 Å². The SMILES string of the molecule is O=CCC=CCCO. The van der Waals surface area contributed by atoms with Gasteiger partial charge in [-0.15, -0.1) is 0 Å². The van der Waals surface area contributed by atoms with E-state index in [0.717, 1.165) is 6.29 Å². The van der Waals surface area contributed by atoms with Crippen molar-refractivity contribution in [2.75, 3.05) is 6.61 Å². The van der Waals surface area contributed by atoms with Crippen molar-refractivity contribution >= 4 is 6.29 Å². The molecular weight excluding hydrogens is 104 g/mol. The van der Waals surface area contributed by atoms with Gasteiger partial charge in [0.2, 0.25) is 0 Å². The molecule has 0 amide bonds. The van der Waals surface area contributed by atoms with Crippen LogP contribution in [0, 0.1) is 0 Å². The molecule has 2 heteroatoms. The third kappa shape index (κ3) is 5.37. The summed E-state index contributed by atoms with van der Waals surface area (Å²) in [7, 11) is 0. The molecule has 1 N–H and O–H groups in total. The maximum atomic E-state index is 9.65. The lowest BCUT2D eigenvalue weighted by atomic mass is 10.3. The summed E-state index contributed by atoms with van der Waals surface area (Å²) in [4.78, 5) is 9.65. The predicted octanol–water partition coefficient (Wildman–Crippen LogP) is 0.514. The van der Waals surface area contributed by atoms with Gasteiger partial charge in [0.05, 0.1) is 0 Å². The molecule has 0 saturated heterocycles. The molecule has 8 heavy (non-hydrogen) atoms. The van der Waals surface area contributed by atoms with E-state index in [1.165, 1.54) is 0 Å². The Kier molecular flexibility index (Phi) is 5.87. The zero-order valence-electron chi connectivity index (χ0n) is 4.71. The number of allylic oxidation sites excluding steroid dienone is 1. The van der Waals surface area contributed by atoms with Crippen LogP contribution in [0.25, 0.3) is 0 Å². The molecule has 0 rings (SSSR count). The van der Waals surface area contributed by atoms with Crippen LogP contribution < -0.4 is 0 Å². The van der Waals surface area contributed by atoms with Gasteiger partial charge in [-0.05, 0) is 6.42 Å². The fourth-order valence-corrected chi connectivity index (χ4v) is 0.344. The Morgan fingerprint density at radius 1 is 1.38 bits per heavy atom. The first-order valence-electron chi connectivity index (χ1n) is 2.61. The van der Waals surface area contributed by atoms with E-state index < -0.39 is 0 Å². The molecule has 46 valence electrons. The minimum Gasteiger partial charge on any atom is -0.396 e. The molecule has 0 bridgehead atoms. The van der Waals surface area contributed by atoms with Crippen molar-refractivity contribution in [1.82, 2.24) is 0 Å². The highest BCUT2D eigenvalue weighted by atomic mass is 16.2. The number of aliphatic hydroxyl groups excluding tert-OH is 1. The first-order valence-corrected chi connectivity index (χ1v) is 2.61. The van der Waals surface area contributed by atoms with Crippen LogP contribution in [0.4, 0.5) is 0 Å². The fraction of sp³-hybridized carbons (Fsp3) is 0.500. The maximum Gasteiger partial charge on any atom is 0.123 e. The van der Waals surface area contributed by atoms with Gasteiger partial charge in [-0.2, -0.15) is 0 Å². The van der Waals surface area contributed by atoms with Crippen LogP contribution in [-0.4, -0.2) is 18.0 Å². The second kappa shape index (κ2) is 6.37. The number of rotatable bonds is 4. The van der Waals surface area contributed by atoms with Gasteiger partial charge in [0.1, 0.15) is 6.29 Å². The third-order valence-corrected chi connectivity index (χ3v) is 0.695. The molecule has 0 unspecified atom stereocenters. The van der Waals surface area contributed by atoms with Crippen molar-refractivity contribution in [2.45, 2.75) is 12.8 Å². The van der Waals surface area contributed by atoms with Crippen molar-refractivity contribution in [3.63, 3.8) is 0 Å². The van der Waals surface area contributed by atoms with Gasteiger partial charge in [-0.3, -0.25) is 0 Å². The van der Waals surface area contributed by atoms with E-state index in [0.29, 0.717) is 12.8 Å². The summed E-state index contributed by atoms with van der Waals surface area (Å²) < 4.78 is 0. The summed E-state index contributed by atoms with van der Waals surface area (Å²) in [5.74, 6) is 0. The van der Waals surface area contributed by atoms with E-state index in [9.17, 15) is 4.79 Å². The molecule has 0 aliphatic rings. The van der Waals surface area contributed by atoms with Crippen molar-refractivity contribution in [2.24, 2.45) is 0 Å². The number of carbonyl (C=O) groups is 1. The lowest BCUT2D eigenvalue weighted by Crippen LogP contribution is -1.75. The molecule has 0 fully saturated rings. The van der Waals surface area contributed by atoms with E-state index in [1.807, 2.05) is 0 Å². The van der Waals surface area contributed by atoms with Crippen molar-refractivity contribution in [1.29, 1.82) is 0 Å². The molecule has 0 aromatic heterocycles. The summed E-state index contributed by atoms with van der Waals surface area (Å²) in [5, 5.41) is 8.23. The van der Waals surface area contributed by atoms with Gasteiger partial charge in [0.25, 0.3) is 0 Å². The zero-order valence-corrected chi connectivity index (χ0v) is 4.71. The Balaban J connectivity index is 2.94. The number of hydrogen-bond acceptors (Lipinski definition) is 2. The lowest BCUT2D eigenvalue weighted by Gasteiger charge is -1.79. The Hall–Kier alpha value is -0.630. The van der Waals surface area contributed by atoms with Gasteiger partial charge >= 0.3 is 0 Å². The second-order valence-corrected chi connectivity index (χ2v) is 1.39. The molecule has 2 nitrogen and oxygen atoms in total. The standard InChI is InChI=1S/C6H10O2/c7-5-3-1-2-4-6-8/h1-2,5,8H,3-4,6H2. The lowest BCUT2D eigenvalue weighted by molar-refractivity contribution is -0.107. The molecule has 0 heterocycles. The second-order valence-electron chi connectivity index (χ2n) is 1.39. The van der Waals surface area contributed by atoms with Crippen molar-refractivity contribution in [3.05, 3.63) is 12.2 Å². The van der Waals surface area contributed by atoms with E-state index in [2.05, 4.69) is 0 Å². The number of hydrogen-bond donors (Lipinski definition) is 1. The molecule has 0 saturated carbocycles. The number of aldehydes is 1. The first-order chi connectivity index (χ1) is 3.91. The van der Waals surface area contributed by atoms with Crippen LogP contribution in [0.1, 0.15) is 12.8 Å². The normalized spacial score (nSPS) is 10.1. The monoisotopic (exact) mass is 114 g/mol. The molecule has 0 atom stereocenters. The highest BCUT2D eigenvalue weighted by molar-refractivity contribution is 5.51. The van der Waals surface area contributed by atoms with E-state index in [4.69, 9.17) is 5.11 Å². The summed E-state index contributed by atoms with van der Waals surface area (Å²) in [5.41, 5.74) is 0. The van der Waals surface area contributed by atoms with Crippen LogP contribution in [0.15, 0.2) is 12.2 Å². The van der Waals surface area contributed by atoms with Gasteiger partial charge in [0.15, 0.2) is 0 Å². The summed E-state index contributed by atoms with van der Waals surface area (Å²) in [6.45, 7) is 0.162. The maximum absolute atomic E-state index is 9.65. The van der Waals surface area contributed by atoms with Crippen molar-refractivity contribution < 1.29 is 9.90 Å². The Labute approximate surface area is 48.8 Å². The summed E-state index contributed by atoms with van der Waals surface area (Å²) in [6.07, 6.45) is 5.46. The zero-order chi connectivity index (χ0) is 6.24. The molecule has 0 aromatic rings. The van der Waals surface area contributed by atoms with E-state index in [1.54, 1.807) is 12.2 Å². The van der Waals surface area contributed by atoms with E-state index >= 15 is 0 Å². The third-order valence-electron chi connectivity index (χ3n) is 0.695. The summed E-state index contributed by atoms with van der Waals surface area (Å²) >= 11 is 0. The Morgan fingerprint density at radius 2 is 2.12 bits per heavy atom. The molecular formula is C6H10O2. The van der Waals surface area contributed by atoms with Crippen molar-refractivity contribution in [3.8, 4) is 0 Å². The average molecular weight is 114 g/mol. The Morgan fingerprint density at radius 3 is 2.62 bits per heavy atom. The minimum atomic E-state index is 0.162.